The van der Waals surface area contributed by atoms with Crippen molar-refractivity contribution in [1.29, 1.82) is 0 Å². The molecule has 0 spiro atoms. The lowest BCUT2D eigenvalue weighted by Crippen LogP contribution is -2.25. The molecule has 0 N–H and O–H groups in total. The average Bonchev–Trinajstić information content (AvgIpc) is 2.40. The van der Waals surface area contributed by atoms with Crippen LogP contribution in [0.4, 0.5) is 0 Å². The van der Waals surface area contributed by atoms with E-state index < -0.39 is 0 Å². The van der Waals surface area contributed by atoms with Crippen LogP contribution >= 0.6 is 0 Å². The quantitative estimate of drug-likeness (QED) is 0.810. The molecule has 1 aromatic rings. The number of aromatic nitrogens is 1. The van der Waals surface area contributed by atoms with Crippen LogP contribution in [0.25, 0.3) is 0 Å². The Balaban J connectivity index is 1.85. The summed E-state index contributed by atoms with van der Waals surface area (Å²) in [6.45, 7) is 4.59. The van der Waals surface area contributed by atoms with E-state index in [1.165, 1.54) is 12.8 Å². The zero-order valence-corrected chi connectivity index (χ0v) is 11.4. The SMILES string of the molecule is CC(C)C1CCC(C(=O)Cc2ccncc2)CC1. The van der Waals surface area contributed by atoms with Gasteiger partial charge in [-0.25, -0.2) is 0 Å². The zero-order valence-electron chi connectivity index (χ0n) is 11.4. The molecule has 18 heavy (non-hydrogen) atoms. The number of carbonyl (C=O) groups excluding carboxylic acids is 1. The van der Waals surface area contributed by atoms with E-state index >= 15 is 0 Å². The summed E-state index contributed by atoms with van der Waals surface area (Å²) in [7, 11) is 0. The maximum Gasteiger partial charge on any atom is 0.140 e. The Morgan fingerprint density at radius 1 is 1.22 bits per heavy atom. The topological polar surface area (TPSA) is 30.0 Å². The molecule has 1 saturated carbocycles. The van der Waals surface area contributed by atoms with Crippen molar-refractivity contribution in [1.82, 2.24) is 4.98 Å². The van der Waals surface area contributed by atoms with Crippen LogP contribution in [-0.4, -0.2) is 10.8 Å². The highest BCUT2D eigenvalue weighted by Gasteiger charge is 2.27. The van der Waals surface area contributed by atoms with E-state index in [0.29, 0.717) is 18.1 Å². The minimum atomic E-state index is 0.299. The second kappa shape index (κ2) is 6.12. The summed E-state index contributed by atoms with van der Waals surface area (Å²) in [5, 5.41) is 0. The second-order valence-electron chi connectivity index (χ2n) is 5.85. The largest absolute Gasteiger partial charge is 0.299 e. The minimum absolute atomic E-state index is 0.299. The van der Waals surface area contributed by atoms with E-state index in [-0.39, 0.29) is 0 Å². The molecule has 1 fully saturated rings. The Bertz CT molecular complexity index is 377. The number of nitrogens with zero attached hydrogens (tertiary/aromatic N) is 1. The molecule has 2 heteroatoms. The molecule has 1 aromatic heterocycles. The number of Topliss-reactive ketones (excluding diaryl/α,β-unsaturated/α-hetero) is 1. The number of carbonyl (C=O) groups is 1. The monoisotopic (exact) mass is 245 g/mol. The summed E-state index contributed by atoms with van der Waals surface area (Å²) in [6.07, 6.45) is 8.74. The number of pyridine rings is 1. The van der Waals surface area contributed by atoms with Gasteiger partial charge in [-0.05, 0) is 55.2 Å². The van der Waals surface area contributed by atoms with E-state index in [1.807, 2.05) is 12.1 Å². The highest BCUT2D eigenvalue weighted by molar-refractivity contribution is 5.83. The minimum Gasteiger partial charge on any atom is -0.299 e. The van der Waals surface area contributed by atoms with Gasteiger partial charge in [0, 0.05) is 24.7 Å². The van der Waals surface area contributed by atoms with Crippen molar-refractivity contribution in [2.24, 2.45) is 17.8 Å². The summed E-state index contributed by atoms with van der Waals surface area (Å²) >= 11 is 0. The van der Waals surface area contributed by atoms with Crippen molar-refractivity contribution in [3.8, 4) is 0 Å². The average molecular weight is 245 g/mol. The van der Waals surface area contributed by atoms with Crippen molar-refractivity contribution < 1.29 is 4.79 Å². The van der Waals surface area contributed by atoms with Gasteiger partial charge in [0.2, 0.25) is 0 Å². The maximum absolute atomic E-state index is 12.2. The second-order valence-corrected chi connectivity index (χ2v) is 5.85. The fraction of sp³-hybridized carbons (Fsp3) is 0.625. The predicted octanol–water partition coefficient (Wildman–Crippen LogP) is 3.66. The first-order valence-electron chi connectivity index (χ1n) is 7.08. The van der Waals surface area contributed by atoms with E-state index in [0.717, 1.165) is 30.2 Å². The van der Waals surface area contributed by atoms with Crippen LogP contribution < -0.4 is 0 Å². The summed E-state index contributed by atoms with van der Waals surface area (Å²) < 4.78 is 0. The Kier molecular flexibility index (Phi) is 4.51. The zero-order chi connectivity index (χ0) is 13.0. The first kappa shape index (κ1) is 13.3. The molecule has 0 amide bonds. The first-order chi connectivity index (χ1) is 8.66. The van der Waals surface area contributed by atoms with Crippen LogP contribution in [0, 0.1) is 17.8 Å². The van der Waals surface area contributed by atoms with Crippen molar-refractivity contribution in [3.05, 3.63) is 30.1 Å². The lowest BCUT2D eigenvalue weighted by Gasteiger charge is -2.30. The molecular formula is C16H23NO. The van der Waals surface area contributed by atoms with Crippen molar-refractivity contribution in [2.75, 3.05) is 0 Å². The molecular weight excluding hydrogens is 222 g/mol. The third kappa shape index (κ3) is 3.41. The first-order valence-corrected chi connectivity index (χ1v) is 7.08. The molecule has 0 aliphatic heterocycles. The van der Waals surface area contributed by atoms with Gasteiger partial charge in [-0.1, -0.05) is 13.8 Å². The highest BCUT2D eigenvalue weighted by Crippen LogP contribution is 2.34. The van der Waals surface area contributed by atoms with Gasteiger partial charge < -0.3 is 0 Å². The molecule has 1 aliphatic carbocycles. The molecule has 0 atom stereocenters. The Labute approximate surface area is 110 Å². The fourth-order valence-electron chi connectivity index (χ4n) is 2.95. The molecule has 1 heterocycles. The predicted molar refractivity (Wildman–Crippen MR) is 73.2 cm³/mol. The van der Waals surface area contributed by atoms with Crippen LogP contribution in [0.15, 0.2) is 24.5 Å². The molecule has 0 aromatic carbocycles. The smallest absolute Gasteiger partial charge is 0.140 e. The third-order valence-electron chi connectivity index (χ3n) is 4.30. The van der Waals surface area contributed by atoms with E-state index in [2.05, 4.69) is 18.8 Å². The molecule has 2 nitrogen and oxygen atoms in total. The lowest BCUT2D eigenvalue weighted by atomic mass is 9.75. The van der Waals surface area contributed by atoms with Crippen molar-refractivity contribution in [3.63, 3.8) is 0 Å². The summed E-state index contributed by atoms with van der Waals surface area (Å²) in [6, 6.07) is 3.88. The lowest BCUT2D eigenvalue weighted by molar-refractivity contribution is -0.123. The third-order valence-corrected chi connectivity index (χ3v) is 4.30. The molecule has 2 rings (SSSR count). The van der Waals surface area contributed by atoms with Crippen LogP contribution in [0.5, 0.6) is 0 Å². The van der Waals surface area contributed by atoms with Gasteiger partial charge in [0.25, 0.3) is 0 Å². The number of ketones is 1. The van der Waals surface area contributed by atoms with Crippen LogP contribution in [-0.2, 0) is 11.2 Å². The summed E-state index contributed by atoms with van der Waals surface area (Å²) in [4.78, 5) is 16.2. The number of rotatable bonds is 4. The Morgan fingerprint density at radius 3 is 2.39 bits per heavy atom. The normalized spacial score (nSPS) is 24.2. The molecule has 0 bridgehead atoms. The Morgan fingerprint density at radius 2 is 1.83 bits per heavy atom. The molecule has 0 unspecified atom stereocenters. The molecule has 0 saturated heterocycles. The molecule has 1 aliphatic rings. The number of hydrogen-bond acceptors (Lipinski definition) is 2. The van der Waals surface area contributed by atoms with Gasteiger partial charge in [-0.2, -0.15) is 0 Å². The van der Waals surface area contributed by atoms with Gasteiger partial charge in [-0.3, -0.25) is 9.78 Å². The van der Waals surface area contributed by atoms with Crippen molar-refractivity contribution in [2.45, 2.75) is 46.0 Å². The standard InChI is InChI=1S/C16H23NO/c1-12(2)14-3-5-15(6-4-14)16(18)11-13-7-9-17-10-8-13/h7-10,12,14-15H,3-6,11H2,1-2H3. The van der Waals surface area contributed by atoms with Gasteiger partial charge in [0.05, 0.1) is 0 Å². The van der Waals surface area contributed by atoms with Crippen molar-refractivity contribution >= 4 is 5.78 Å². The maximum atomic E-state index is 12.2. The highest BCUT2D eigenvalue weighted by atomic mass is 16.1. The summed E-state index contributed by atoms with van der Waals surface area (Å²) in [5.41, 5.74) is 1.10. The van der Waals surface area contributed by atoms with Gasteiger partial charge >= 0.3 is 0 Å². The van der Waals surface area contributed by atoms with Gasteiger partial charge in [0.1, 0.15) is 5.78 Å². The van der Waals surface area contributed by atoms with E-state index in [4.69, 9.17) is 0 Å². The van der Waals surface area contributed by atoms with Gasteiger partial charge in [0.15, 0.2) is 0 Å². The van der Waals surface area contributed by atoms with Crippen LogP contribution in [0.2, 0.25) is 0 Å². The molecule has 0 radical (unpaired) electrons. The van der Waals surface area contributed by atoms with Crippen LogP contribution in [0.3, 0.4) is 0 Å². The van der Waals surface area contributed by atoms with E-state index in [9.17, 15) is 4.79 Å². The summed E-state index contributed by atoms with van der Waals surface area (Å²) in [5.74, 6) is 2.31. The fourth-order valence-corrected chi connectivity index (χ4v) is 2.95. The Hall–Kier alpha value is -1.18. The van der Waals surface area contributed by atoms with Crippen LogP contribution in [0.1, 0.15) is 45.1 Å². The van der Waals surface area contributed by atoms with Gasteiger partial charge in [-0.15, -0.1) is 0 Å². The molecule has 98 valence electrons. The van der Waals surface area contributed by atoms with E-state index in [1.54, 1.807) is 12.4 Å². The number of hydrogen-bond donors (Lipinski definition) is 0.